The van der Waals surface area contributed by atoms with E-state index in [0.29, 0.717) is 12.3 Å². The zero-order valence-electron chi connectivity index (χ0n) is 17.2. The number of pyridine rings is 1. The summed E-state index contributed by atoms with van der Waals surface area (Å²) in [6, 6.07) is 25.0. The van der Waals surface area contributed by atoms with Gasteiger partial charge in [-0.25, -0.2) is 0 Å². The quantitative estimate of drug-likeness (QED) is 0.689. The van der Waals surface area contributed by atoms with Crippen molar-refractivity contribution in [2.24, 2.45) is 0 Å². The maximum Gasteiger partial charge on any atom is 0.184 e. The standard InChI is InChI=1S/C25H25NO5/c1-16-9-8-14-19(26-16)21(27)23-22-20(29-25(31-23)18-12-6-3-7-13-18)15-28-24(30-22)17-10-4-2-5-11-17/h2-14,20-25,27H,15H2,1H3/t20-,21-,22-,23+,24?,25?/m1/s1. The highest BCUT2D eigenvalue weighted by molar-refractivity contribution is 5.20. The molecule has 1 N–H and O–H groups in total. The largest absolute Gasteiger partial charge is 0.384 e. The zero-order chi connectivity index (χ0) is 21.2. The van der Waals surface area contributed by atoms with E-state index in [1.54, 1.807) is 6.07 Å². The molecule has 2 aromatic carbocycles. The van der Waals surface area contributed by atoms with E-state index in [-0.39, 0.29) is 6.10 Å². The zero-order valence-corrected chi connectivity index (χ0v) is 17.2. The highest BCUT2D eigenvalue weighted by atomic mass is 16.8. The van der Waals surface area contributed by atoms with E-state index >= 15 is 0 Å². The Labute approximate surface area is 181 Å². The van der Waals surface area contributed by atoms with E-state index in [1.165, 1.54) is 0 Å². The third kappa shape index (κ3) is 4.26. The molecular weight excluding hydrogens is 394 g/mol. The van der Waals surface area contributed by atoms with Gasteiger partial charge in [0.1, 0.15) is 24.4 Å². The molecule has 0 bridgehead atoms. The van der Waals surface area contributed by atoms with Crippen molar-refractivity contribution in [2.45, 2.75) is 43.9 Å². The van der Waals surface area contributed by atoms with Gasteiger partial charge >= 0.3 is 0 Å². The second-order valence-electron chi connectivity index (χ2n) is 7.84. The van der Waals surface area contributed by atoms with E-state index in [0.717, 1.165) is 16.8 Å². The molecule has 2 fully saturated rings. The summed E-state index contributed by atoms with van der Waals surface area (Å²) in [6.07, 6.45) is -3.74. The maximum absolute atomic E-state index is 11.3. The van der Waals surface area contributed by atoms with E-state index in [1.807, 2.05) is 79.7 Å². The van der Waals surface area contributed by atoms with Gasteiger partial charge in [-0.3, -0.25) is 4.98 Å². The first-order valence-electron chi connectivity index (χ1n) is 10.5. The first-order chi connectivity index (χ1) is 15.2. The summed E-state index contributed by atoms with van der Waals surface area (Å²) in [5.74, 6) is 0. The Balaban J connectivity index is 1.45. The summed E-state index contributed by atoms with van der Waals surface area (Å²) in [4.78, 5) is 4.50. The first-order valence-corrected chi connectivity index (χ1v) is 10.5. The van der Waals surface area contributed by atoms with E-state index in [4.69, 9.17) is 18.9 Å². The van der Waals surface area contributed by atoms with Crippen LogP contribution in [0.25, 0.3) is 0 Å². The number of nitrogens with zero attached hydrogens (tertiary/aromatic N) is 1. The van der Waals surface area contributed by atoms with Crippen molar-refractivity contribution in [3.05, 3.63) is 101 Å². The molecule has 6 heteroatoms. The number of benzene rings is 2. The summed E-state index contributed by atoms with van der Waals surface area (Å²) >= 11 is 0. The molecular formula is C25H25NO5. The maximum atomic E-state index is 11.3. The van der Waals surface area contributed by atoms with Crippen molar-refractivity contribution in [1.82, 2.24) is 4.98 Å². The monoisotopic (exact) mass is 419 g/mol. The van der Waals surface area contributed by atoms with Gasteiger partial charge in [0.05, 0.1) is 12.3 Å². The normalized spacial score (nSPS) is 29.2. The molecule has 0 amide bonds. The number of hydrogen-bond donors (Lipinski definition) is 1. The van der Waals surface area contributed by atoms with Gasteiger partial charge < -0.3 is 24.1 Å². The highest BCUT2D eigenvalue weighted by Gasteiger charge is 2.48. The van der Waals surface area contributed by atoms with Crippen molar-refractivity contribution in [1.29, 1.82) is 0 Å². The van der Waals surface area contributed by atoms with Gasteiger partial charge in [-0.1, -0.05) is 66.7 Å². The molecule has 0 aliphatic carbocycles. The lowest BCUT2D eigenvalue weighted by atomic mass is 9.97. The van der Waals surface area contributed by atoms with E-state index in [9.17, 15) is 5.11 Å². The predicted molar refractivity (Wildman–Crippen MR) is 113 cm³/mol. The number of ether oxygens (including phenoxy) is 4. The van der Waals surface area contributed by atoms with Crippen LogP contribution in [0.4, 0.5) is 0 Å². The topological polar surface area (TPSA) is 70.0 Å². The van der Waals surface area contributed by atoms with E-state index in [2.05, 4.69) is 4.98 Å². The lowest BCUT2D eigenvalue weighted by Gasteiger charge is -2.47. The average molecular weight is 419 g/mol. The minimum absolute atomic E-state index is 0.335. The second kappa shape index (κ2) is 8.86. The number of fused-ring (bicyclic) bond motifs is 1. The van der Waals surface area contributed by atoms with Crippen LogP contribution in [0, 0.1) is 6.92 Å². The molecule has 3 heterocycles. The van der Waals surface area contributed by atoms with Gasteiger partial charge in [-0.15, -0.1) is 0 Å². The molecule has 0 radical (unpaired) electrons. The molecule has 160 valence electrons. The Kier molecular flexibility index (Phi) is 5.80. The molecule has 2 aliphatic heterocycles. The van der Waals surface area contributed by atoms with Crippen molar-refractivity contribution >= 4 is 0 Å². The molecule has 2 unspecified atom stereocenters. The second-order valence-corrected chi connectivity index (χ2v) is 7.84. The fourth-order valence-electron chi connectivity index (χ4n) is 4.07. The fourth-order valence-corrected chi connectivity index (χ4v) is 4.07. The lowest BCUT2D eigenvalue weighted by Crippen LogP contribution is -2.56. The highest BCUT2D eigenvalue weighted by Crippen LogP contribution is 2.41. The van der Waals surface area contributed by atoms with Crippen LogP contribution in [0.1, 0.15) is 41.2 Å². The van der Waals surface area contributed by atoms with Crippen LogP contribution in [0.15, 0.2) is 78.9 Å². The fraction of sp³-hybridized carbons (Fsp3) is 0.320. The molecule has 3 aromatic rings. The Morgan fingerprint density at radius 2 is 1.48 bits per heavy atom. The molecule has 0 saturated carbocycles. The number of aromatic nitrogens is 1. The van der Waals surface area contributed by atoms with Crippen LogP contribution in [0.2, 0.25) is 0 Å². The first kappa shape index (κ1) is 20.3. The van der Waals surface area contributed by atoms with Crippen molar-refractivity contribution < 1.29 is 24.1 Å². The third-order valence-electron chi connectivity index (χ3n) is 5.63. The van der Waals surface area contributed by atoms with Gasteiger partial charge in [0.2, 0.25) is 0 Å². The summed E-state index contributed by atoms with van der Waals surface area (Å²) in [5, 5.41) is 11.3. The number of aryl methyl sites for hydroxylation is 1. The van der Waals surface area contributed by atoms with Gasteiger partial charge in [0.25, 0.3) is 0 Å². The number of aliphatic hydroxyl groups excluding tert-OH is 1. The van der Waals surface area contributed by atoms with Crippen molar-refractivity contribution in [3.8, 4) is 0 Å². The Morgan fingerprint density at radius 1 is 0.806 bits per heavy atom. The van der Waals surface area contributed by atoms with Crippen molar-refractivity contribution in [2.75, 3.05) is 6.61 Å². The molecule has 2 aliphatic rings. The van der Waals surface area contributed by atoms with Gasteiger partial charge in [-0.2, -0.15) is 0 Å². The predicted octanol–water partition coefficient (Wildman–Crippen LogP) is 4.02. The molecule has 6 nitrogen and oxygen atoms in total. The van der Waals surface area contributed by atoms with Crippen LogP contribution in [-0.2, 0) is 18.9 Å². The van der Waals surface area contributed by atoms with Gasteiger partial charge in [0, 0.05) is 16.8 Å². The minimum Gasteiger partial charge on any atom is -0.384 e. The Hall–Kier alpha value is -2.61. The molecule has 6 atom stereocenters. The van der Waals surface area contributed by atoms with Gasteiger partial charge in [0.15, 0.2) is 12.6 Å². The molecule has 0 spiro atoms. The summed E-state index contributed by atoms with van der Waals surface area (Å²) in [5.41, 5.74) is 3.16. The number of hydrogen-bond acceptors (Lipinski definition) is 6. The Bertz CT molecular complexity index is 999. The number of aliphatic hydroxyl groups is 1. The van der Waals surface area contributed by atoms with Crippen LogP contribution in [0.3, 0.4) is 0 Å². The smallest absolute Gasteiger partial charge is 0.184 e. The minimum atomic E-state index is -0.975. The molecule has 1 aromatic heterocycles. The van der Waals surface area contributed by atoms with Crippen LogP contribution < -0.4 is 0 Å². The van der Waals surface area contributed by atoms with Crippen LogP contribution >= 0.6 is 0 Å². The van der Waals surface area contributed by atoms with Gasteiger partial charge in [-0.05, 0) is 19.1 Å². The van der Waals surface area contributed by atoms with Crippen LogP contribution in [-0.4, -0.2) is 35.0 Å². The van der Waals surface area contributed by atoms with E-state index < -0.39 is 30.9 Å². The molecule has 31 heavy (non-hydrogen) atoms. The van der Waals surface area contributed by atoms with Crippen LogP contribution in [0.5, 0.6) is 0 Å². The third-order valence-corrected chi connectivity index (χ3v) is 5.63. The molecule has 5 rings (SSSR count). The average Bonchev–Trinajstić information content (AvgIpc) is 2.83. The molecule has 2 saturated heterocycles. The number of rotatable bonds is 4. The van der Waals surface area contributed by atoms with Crippen molar-refractivity contribution in [3.63, 3.8) is 0 Å². The SMILES string of the molecule is Cc1cccc([C@@H](O)[C@@H]2OC(c3ccccc3)O[C@@H]3COC(c4ccccc4)O[C@@H]23)n1. The summed E-state index contributed by atoms with van der Waals surface area (Å²) < 4.78 is 24.7. The summed E-state index contributed by atoms with van der Waals surface area (Å²) in [6.45, 7) is 2.23. The lowest BCUT2D eigenvalue weighted by molar-refractivity contribution is -0.373. The Morgan fingerprint density at radius 3 is 2.16 bits per heavy atom. The summed E-state index contributed by atoms with van der Waals surface area (Å²) in [7, 11) is 0.